The molecule has 134 valence electrons. The molecule has 0 fully saturated rings. The van der Waals surface area contributed by atoms with Crippen LogP contribution in [0.25, 0.3) is 11.1 Å². The summed E-state index contributed by atoms with van der Waals surface area (Å²) in [5.41, 5.74) is 3.31. The molecule has 2 aromatic carbocycles. The van der Waals surface area contributed by atoms with Gasteiger partial charge in [0.25, 0.3) is 0 Å². The number of nitrogens with zero attached hydrogens (tertiary/aromatic N) is 3. The van der Waals surface area contributed by atoms with Crippen LogP contribution < -0.4 is 5.32 Å². The van der Waals surface area contributed by atoms with E-state index in [1.807, 2.05) is 41.9 Å². The zero-order valence-corrected chi connectivity index (χ0v) is 15.8. The molecule has 1 aromatic heterocycles. The Morgan fingerprint density at radius 2 is 1.73 bits per heavy atom. The van der Waals surface area contributed by atoms with Crippen LogP contribution in [0.1, 0.15) is 18.3 Å². The molecule has 0 bridgehead atoms. The van der Waals surface area contributed by atoms with Gasteiger partial charge in [0.2, 0.25) is 5.91 Å². The lowest BCUT2D eigenvalue weighted by Gasteiger charge is -2.07. The van der Waals surface area contributed by atoms with E-state index in [2.05, 4.69) is 46.7 Å². The minimum absolute atomic E-state index is 0.0230. The molecule has 1 amide bonds. The smallest absolute Gasteiger partial charge is 0.224 e. The van der Waals surface area contributed by atoms with Crippen molar-refractivity contribution in [1.82, 2.24) is 20.1 Å². The van der Waals surface area contributed by atoms with E-state index >= 15 is 0 Å². The average molecular weight is 366 g/mol. The van der Waals surface area contributed by atoms with Crippen molar-refractivity contribution in [3.05, 3.63) is 66.0 Å². The first-order valence-corrected chi connectivity index (χ1v) is 9.58. The summed E-state index contributed by atoms with van der Waals surface area (Å²) in [6.45, 7) is 2.46. The van der Waals surface area contributed by atoms with Gasteiger partial charge in [-0.1, -0.05) is 73.3 Å². The van der Waals surface area contributed by atoms with Gasteiger partial charge in [0.1, 0.15) is 0 Å². The number of hydrogen-bond acceptors (Lipinski definition) is 4. The Labute approximate surface area is 157 Å². The normalized spacial score (nSPS) is 10.7. The predicted molar refractivity (Wildman–Crippen MR) is 105 cm³/mol. The summed E-state index contributed by atoms with van der Waals surface area (Å²) in [6.07, 6.45) is 0.351. The van der Waals surface area contributed by atoms with Crippen molar-refractivity contribution in [1.29, 1.82) is 0 Å². The monoisotopic (exact) mass is 366 g/mol. The summed E-state index contributed by atoms with van der Waals surface area (Å²) < 4.78 is 1.92. The van der Waals surface area contributed by atoms with Crippen LogP contribution in [0.15, 0.2) is 59.8 Å². The minimum Gasteiger partial charge on any atom is -0.349 e. The highest BCUT2D eigenvalue weighted by Gasteiger charge is 2.10. The first-order chi connectivity index (χ1) is 12.7. The molecule has 0 saturated carbocycles. The second kappa shape index (κ2) is 8.67. The number of rotatable bonds is 7. The van der Waals surface area contributed by atoms with E-state index < -0.39 is 0 Å². The fraction of sp³-hybridized carbons (Fsp3) is 0.250. The Morgan fingerprint density at radius 3 is 2.42 bits per heavy atom. The van der Waals surface area contributed by atoms with Crippen molar-refractivity contribution >= 4 is 17.7 Å². The van der Waals surface area contributed by atoms with E-state index in [9.17, 15) is 4.79 Å². The van der Waals surface area contributed by atoms with Gasteiger partial charge < -0.3 is 9.88 Å². The standard InChI is InChI=1S/C20H22N4OS/c1-3-26-20-23-22-18(24(20)2)14-21-19(25)13-15-9-11-17(12-10-15)16-7-5-4-6-8-16/h4-12H,3,13-14H2,1-2H3,(H,21,25). The quantitative estimate of drug-likeness (QED) is 0.651. The van der Waals surface area contributed by atoms with Gasteiger partial charge >= 0.3 is 0 Å². The number of amides is 1. The second-order valence-corrected chi connectivity index (χ2v) is 7.14. The predicted octanol–water partition coefficient (Wildman–Crippen LogP) is 3.45. The Morgan fingerprint density at radius 1 is 1.04 bits per heavy atom. The molecule has 3 aromatic rings. The summed E-state index contributed by atoms with van der Waals surface area (Å²) in [5.74, 6) is 1.68. The highest BCUT2D eigenvalue weighted by molar-refractivity contribution is 7.99. The van der Waals surface area contributed by atoms with Crippen LogP contribution >= 0.6 is 11.8 Å². The summed E-state index contributed by atoms with van der Waals surface area (Å²) >= 11 is 1.64. The first-order valence-electron chi connectivity index (χ1n) is 8.59. The van der Waals surface area contributed by atoms with Crippen molar-refractivity contribution in [2.24, 2.45) is 7.05 Å². The molecule has 0 radical (unpaired) electrons. The van der Waals surface area contributed by atoms with Gasteiger partial charge in [0, 0.05) is 7.05 Å². The Balaban J connectivity index is 1.55. The van der Waals surface area contributed by atoms with Crippen LogP contribution in [0.5, 0.6) is 0 Å². The molecule has 1 heterocycles. The van der Waals surface area contributed by atoms with Crippen LogP contribution in [0.2, 0.25) is 0 Å². The van der Waals surface area contributed by atoms with E-state index in [0.717, 1.165) is 27.9 Å². The summed E-state index contributed by atoms with van der Waals surface area (Å²) in [6, 6.07) is 18.3. The number of carbonyl (C=O) groups excluding carboxylic acids is 1. The van der Waals surface area contributed by atoms with Crippen LogP contribution in [-0.2, 0) is 24.8 Å². The molecule has 0 aliphatic carbocycles. The fourth-order valence-corrected chi connectivity index (χ4v) is 3.28. The van der Waals surface area contributed by atoms with Crippen LogP contribution in [0.3, 0.4) is 0 Å². The van der Waals surface area contributed by atoms with Gasteiger partial charge in [0.15, 0.2) is 11.0 Å². The van der Waals surface area contributed by atoms with E-state index in [0.29, 0.717) is 13.0 Å². The topological polar surface area (TPSA) is 59.8 Å². The third-order valence-corrected chi connectivity index (χ3v) is 4.97. The largest absolute Gasteiger partial charge is 0.349 e. The molecular weight excluding hydrogens is 344 g/mol. The molecule has 0 aliphatic heterocycles. The highest BCUT2D eigenvalue weighted by atomic mass is 32.2. The van der Waals surface area contributed by atoms with Crippen molar-refractivity contribution in [2.45, 2.75) is 25.0 Å². The molecule has 3 rings (SSSR count). The van der Waals surface area contributed by atoms with Gasteiger partial charge in [0.05, 0.1) is 13.0 Å². The van der Waals surface area contributed by atoms with E-state index in [4.69, 9.17) is 0 Å². The number of carbonyl (C=O) groups is 1. The Bertz CT molecular complexity index is 859. The van der Waals surface area contributed by atoms with E-state index in [1.165, 1.54) is 5.56 Å². The van der Waals surface area contributed by atoms with E-state index in [-0.39, 0.29) is 5.91 Å². The molecular formula is C20H22N4OS. The van der Waals surface area contributed by atoms with Crippen molar-refractivity contribution < 1.29 is 4.79 Å². The molecule has 26 heavy (non-hydrogen) atoms. The minimum atomic E-state index is -0.0230. The van der Waals surface area contributed by atoms with Crippen LogP contribution in [0.4, 0.5) is 0 Å². The molecule has 0 spiro atoms. The maximum atomic E-state index is 12.2. The van der Waals surface area contributed by atoms with Crippen LogP contribution in [-0.4, -0.2) is 26.4 Å². The maximum Gasteiger partial charge on any atom is 0.224 e. The fourth-order valence-electron chi connectivity index (χ4n) is 2.62. The molecule has 0 saturated heterocycles. The van der Waals surface area contributed by atoms with Gasteiger partial charge in [-0.15, -0.1) is 10.2 Å². The first kappa shape index (κ1) is 18.2. The highest BCUT2D eigenvalue weighted by Crippen LogP contribution is 2.19. The summed E-state index contributed by atoms with van der Waals surface area (Å²) in [5, 5.41) is 12.1. The third kappa shape index (κ3) is 4.52. The molecule has 0 aliphatic rings. The lowest BCUT2D eigenvalue weighted by Crippen LogP contribution is -2.26. The zero-order valence-electron chi connectivity index (χ0n) is 15.0. The van der Waals surface area contributed by atoms with E-state index in [1.54, 1.807) is 11.8 Å². The van der Waals surface area contributed by atoms with Crippen molar-refractivity contribution in [2.75, 3.05) is 5.75 Å². The number of aromatic nitrogens is 3. The molecule has 5 nitrogen and oxygen atoms in total. The molecule has 6 heteroatoms. The Kier molecular flexibility index (Phi) is 6.07. The molecule has 0 unspecified atom stereocenters. The molecule has 0 atom stereocenters. The zero-order chi connectivity index (χ0) is 18.4. The van der Waals surface area contributed by atoms with Gasteiger partial charge in [-0.05, 0) is 22.4 Å². The summed E-state index contributed by atoms with van der Waals surface area (Å²) in [7, 11) is 1.92. The number of thioether (sulfide) groups is 1. The number of benzene rings is 2. The maximum absolute atomic E-state index is 12.2. The molecule has 1 N–H and O–H groups in total. The third-order valence-electron chi connectivity index (χ3n) is 4.07. The summed E-state index contributed by atoms with van der Waals surface area (Å²) in [4.78, 5) is 12.2. The second-order valence-electron chi connectivity index (χ2n) is 5.91. The average Bonchev–Trinajstić information content (AvgIpc) is 3.02. The number of hydrogen-bond donors (Lipinski definition) is 1. The number of nitrogens with one attached hydrogen (secondary N) is 1. The van der Waals surface area contributed by atoms with Gasteiger partial charge in [-0.25, -0.2) is 0 Å². The van der Waals surface area contributed by atoms with Gasteiger partial charge in [-0.2, -0.15) is 0 Å². The SMILES string of the molecule is CCSc1nnc(CNC(=O)Cc2ccc(-c3ccccc3)cc2)n1C. The van der Waals surface area contributed by atoms with Crippen LogP contribution in [0, 0.1) is 0 Å². The lowest BCUT2D eigenvalue weighted by atomic mass is 10.0. The van der Waals surface area contributed by atoms with Crippen molar-refractivity contribution in [3.63, 3.8) is 0 Å². The lowest BCUT2D eigenvalue weighted by molar-refractivity contribution is -0.120. The Hall–Kier alpha value is -2.60. The van der Waals surface area contributed by atoms with Gasteiger partial charge in [-0.3, -0.25) is 4.79 Å². The van der Waals surface area contributed by atoms with Crippen molar-refractivity contribution in [3.8, 4) is 11.1 Å².